The third-order valence-electron chi connectivity index (χ3n) is 5.38. The Morgan fingerprint density at radius 2 is 2.00 bits per heavy atom. The first-order valence-electron chi connectivity index (χ1n) is 9.11. The number of hydrogen-bond donors (Lipinski definition) is 2. The summed E-state index contributed by atoms with van der Waals surface area (Å²) in [5.41, 5.74) is 2.42. The van der Waals surface area contributed by atoms with Crippen LogP contribution in [-0.4, -0.2) is 23.1 Å². The van der Waals surface area contributed by atoms with Crippen LogP contribution in [0.4, 0.5) is 5.69 Å². The zero-order chi connectivity index (χ0) is 16.4. The van der Waals surface area contributed by atoms with Gasteiger partial charge in [0, 0.05) is 17.9 Å². The van der Waals surface area contributed by atoms with Crippen molar-refractivity contribution >= 4 is 11.6 Å². The molecule has 0 radical (unpaired) electrons. The second-order valence-electron chi connectivity index (χ2n) is 7.07. The van der Waals surface area contributed by atoms with Crippen LogP contribution in [-0.2, 0) is 0 Å². The summed E-state index contributed by atoms with van der Waals surface area (Å²) in [6, 6.07) is 10.8. The molecular weight excluding hydrogens is 296 g/mol. The fourth-order valence-electron chi connectivity index (χ4n) is 4.05. The second kappa shape index (κ2) is 6.71. The molecule has 3 atom stereocenters. The minimum absolute atomic E-state index is 0.132. The number of anilines is 1. The summed E-state index contributed by atoms with van der Waals surface area (Å²) in [5, 5.41) is 6.71. The van der Waals surface area contributed by atoms with Crippen LogP contribution in [0.25, 0.3) is 0 Å². The average Bonchev–Trinajstić information content (AvgIpc) is 2.63. The molecule has 1 fully saturated rings. The SMILES string of the molecule is CC1CCCCC1N1C=CCC2=CNC(Nc3ccccc3)=NC21. The largest absolute Gasteiger partial charge is 0.349 e. The van der Waals surface area contributed by atoms with Gasteiger partial charge in [-0.3, -0.25) is 0 Å². The molecule has 126 valence electrons. The molecule has 0 amide bonds. The van der Waals surface area contributed by atoms with Gasteiger partial charge in [0.05, 0.1) is 0 Å². The van der Waals surface area contributed by atoms with Gasteiger partial charge in [-0.05, 0) is 49.1 Å². The molecule has 3 aliphatic rings. The number of fused-ring (bicyclic) bond motifs is 1. The van der Waals surface area contributed by atoms with Gasteiger partial charge in [-0.15, -0.1) is 0 Å². The summed E-state index contributed by atoms with van der Waals surface area (Å²) in [6.45, 7) is 2.39. The van der Waals surface area contributed by atoms with Crippen LogP contribution in [0.3, 0.4) is 0 Å². The molecule has 1 aliphatic carbocycles. The molecule has 1 aromatic carbocycles. The Labute approximate surface area is 144 Å². The lowest BCUT2D eigenvalue weighted by Crippen LogP contribution is -2.48. The standard InChI is InChI=1S/C20H26N4/c1-15-8-5-6-12-18(15)24-13-7-9-16-14-21-20(23-19(16)24)22-17-10-3-2-4-11-17/h2-4,7,10-11,13-15,18-19H,5-6,8-9,12H2,1H3,(H2,21,22,23). The highest BCUT2D eigenvalue weighted by Gasteiger charge is 2.34. The van der Waals surface area contributed by atoms with Crippen molar-refractivity contribution in [2.24, 2.45) is 10.9 Å². The van der Waals surface area contributed by atoms with Gasteiger partial charge in [-0.25, -0.2) is 4.99 Å². The van der Waals surface area contributed by atoms with Gasteiger partial charge in [0.2, 0.25) is 5.96 Å². The third-order valence-corrected chi connectivity index (χ3v) is 5.38. The smallest absolute Gasteiger partial charge is 0.202 e. The van der Waals surface area contributed by atoms with E-state index in [0.717, 1.165) is 24.0 Å². The summed E-state index contributed by atoms with van der Waals surface area (Å²) in [4.78, 5) is 7.48. The Morgan fingerprint density at radius 1 is 1.17 bits per heavy atom. The molecule has 4 rings (SSSR count). The molecule has 0 saturated heterocycles. The minimum Gasteiger partial charge on any atom is -0.349 e. The highest BCUT2D eigenvalue weighted by molar-refractivity contribution is 5.95. The quantitative estimate of drug-likeness (QED) is 0.862. The van der Waals surface area contributed by atoms with E-state index in [9.17, 15) is 0 Å². The van der Waals surface area contributed by atoms with E-state index in [2.05, 4.69) is 53.1 Å². The molecular formula is C20H26N4. The lowest BCUT2D eigenvalue weighted by molar-refractivity contribution is 0.129. The minimum atomic E-state index is 0.132. The van der Waals surface area contributed by atoms with E-state index in [4.69, 9.17) is 4.99 Å². The summed E-state index contributed by atoms with van der Waals surface area (Å²) in [5.74, 6) is 1.57. The molecule has 2 N–H and O–H groups in total. The Hall–Kier alpha value is -2.23. The van der Waals surface area contributed by atoms with Gasteiger partial charge < -0.3 is 15.5 Å². The lowest BCUT2D eigenvalue weighted by Gasteiger charge is -2.44. The number of allylic oxidation sites excluding steroid dienone is 1. The Kier molecular flexibility index (Phi) is 4.28. The Balaban J connectivity index is 1.56. The number of nitrogens with zero attached hydrogens (tertiary/aromatic N) is 2. The van der Waals surface area contributed by atoms with Crippen molar-refractivity contribution in [3.05, 3.63) is 54.4 Å². The van der Waals surface area contributed by atoms with Gasteiger partial charge in [-0.1, -0.05) is 44.0 Å². The van der Waals surface area contributed by atoms with Gasteiger partial charge in [0.15, 0.2) is 0 Å². The summed E-state index contributed by atoms with van der Waals surface area (Å²) >= 11 is 0. The van der Waals surface area contributed by atoms with Crippen molar-refractivity contribution in [2.45, 2.75) is 51.2 Å². The lowest BCUT2D eigenvalue weighted by atomic mass is 9.84. The molecule has 4 heteroatoms. The summed E-state index contributed by atoms with van der Waals surface area (Å²) < 4.78 is 0. The molecule has 4 nitrogen and oxygen atoms in total. The number of para-hydroxylation sites is 1. The number of nitrogens with one attached hydrogen (secondary N) is 2. The van der Waals surface area contributed by atoms with E-state index in [0.29, 0.717) is 6.04 Å². The van der Waals surface area contributed by atoms with Crippen molar-refractivity contribution in [1.29, 1.82) is 0 Å². The van der Waals surface area contributed by atoms with Crippen LogP contribution in [0.1, 0.15) is 39.0 Å². The predicted octanol–water partition coefficient (Wildman–Crippen LogP) is 4.07. The molecule has 0 spiro atoms. The number of benzene rings is 1. The molecule has 2 aliphatic heterocycles. The number of hydrogen-bond acceptors (Lipinski definition) is 4. The second-order valence-corrected chi connectivity index (χ2v) is 7.07. The fourth-order valence-corrected chi connectivity index (χ4v) is 4.05. The first kappa shape index (κ1) is 15.3. The molecule has 24 heavy (non-hydrogen) atoms. The van der Waals surface area contributed by atoms with Gasteiger partial charge in [-0.2, -0.15) is 0 Å². The van der Waals surface area contributed by atoms with Crippen LogP contribution in [0.5, 0.6) is 0 Å². The van der Waals surface area contributed by atoms with E-state index in [1.165, 1.54) is 31.3 Å². The van der Waals surface area contributed by atoms with Crippen molar-refractivity contribution in [2.75, 3.05) is 5.32 Å². The molecule has 0 bridgehead atoms. The molecule has 3 unspecified atom stereocenters. The summed E-state index contributed by atoms with van der Waals surface area (Å²) in [7, 11) is 0. The zero-order valence-corrected chi connectivity index (χ0v) is 14.3. The van der Waals surface area contributed by atoms with Crippen LogP contribution < -0.4 is 10.6 Å². The van der Waals surface area contributed by atoms with E-state index in [1.54, 1.807) is 0 Å². The number of aliphatic imine (C=N–C) groups is 1. The van der Waals surface area contributed by atoms with Crippen molar-refractivity contribution in [3.63, 3.8) is 0 Å². The van der Waals surface area contributed by atoms with Crippen LogP contribution >= 0.6 is 0 Å². The van der Waals surface area contributed by atoms with E-state index >= 15 is 0 Å². The predicted molar refractivity (Wildman–Crippen MR) is 99.5 cm³/mol. The maximum absolute atomic E-state index is 4.99. The highest BCUT2D eigenvalue weighted by atomic mass is 15.3. The number of rotatable bonds is 2. The summed E-state index contributed by atoms with van der Waals surface area (Å²) in [6.07, 6.45) is 13.1. The fraction of sp³-hybridized carbons (Fsp3) is 0.450. The molecule has 2 heterocycles. The van der Waals surface area contributed by atoms with Crippen molar-refractivity contribution < 1.29 is 0 Å². The maximum atomic E-state index is 4.99. The van der Waals surface area contributed by atoms with Crippen LogP contribution in [0.2, 0.25) is 0 Å². The van der Waals surface area contributed by atoms with E-state index in [-0.39, 0.29) is 6.17 Å². The van der Waals surface area contributed by atoms with Gasteiger partial charge in [0.25, 0.3) is 0 Å². The van der Waals surface area contributed by atoms with Gasteiger partial charge >= 0.3 is 0 Å². The van der Waals surface area contributed by atoms with E-state index < -0.39 is 0 Å². The van der Waals surface area contributed by atoms with E-state index in [1.807, 2.05) is 18.2 Å². The monoisotopic (exact) mass is 322 g/mol. The Morgan fingerprint density at radius 3 is 2.83 bits per heavy atom. The van der Waals surface area contributed by atoms with Crippen LogP contribution in [0, 0.1) is 5.92 Å². The topological polar surface area (TPSA) is 39.7 Å². The van der Waals surface area contributed by atoms with Gasteiger partial charge in [0.1, 0.15) is 6.17 Å². The van der Waals surface area contributed by atoms with Crippen molar-refractivity contribution in [1.82, 2.24) is 10.2 Å². The normalized spacial score (nSPS) is 29.2. The highest BCUT2D eigenvalue weighted by Crippen LogP contribution is 2.34. The van der Waals surface area contributed by atoms with Crippen LogP contribution in [0.15, 0.2) is 59.4 Å². The first-order valence-corrected chi connectivity index (χ1v) is 9.11. The molecule has 1 saturated carbocycles. The third kappa shape index (κ3) is 3.05. The first-order chi connectivity index (χ1) is 11.8. The van der Waals surface area contributed by atoms with Crippen molar-refractivity contribution in [3.8, 4) is 0 Å². The average molecular weight is 322 g/mol. The molecule has 1 aromatic rings. The zero-order valence-electron chi connectivity index (χ0n) is 14.3. The Bertz CT molecular complexity index is 661. The maximum Gasteiger partial charge on any atom is 0.202 e. The molecule has 0 aromatic heterocycles. The number of guanidine groups is 1.